The molecule has 21 heavy (non-hydrogen) atoms. The molecule has 0 spiro atoms. The zero-order valence-corrected chi connectivity index (χ0v) is 13.2. The molecule has 1 aliphatic carbocycles. The van der Waals surface area contributed by atoms with Crippen molar-refractivity contribution < 1.29 is 19.1 Å². The molecule has 0 aliphatic heterocycles. The summed E-state index contributed by atoms with van der Waals surface area (Å²) in [4.78, 5) is 23.6. The Hall–Kier alpha value is -1.56. The molecule has 6 heteroatoms. The van der Waals surface area contributed by atoms with Crippen molar-refractivity contribution >= 4 is 33.9 Å². The summed E-state index contributed by atoms with van der Waals surface area (Å²) in [6.45, 7) is 0. The van der Waals surface area contributed by atoms with Crippen LogP contribution in [-0.2, 0) is 9.59 Å². The molecule has 1 amide bonds. The molecule has 0 aromatic carbocycles. The monoisotopic (exact) mass is 355 g/mol. The molecule has 1 aromatic rings. The van der Waals surface area contributed by atoms with E-state index >= 15 is 0 Å². The minimum atomic E-state index is -1.14. The van der Waals surface area contributed by atoms with E-state index in [4.69, 9.17) is 4.42 Å². The standard InChI is InChI=1S/C15H18BrNO4/c16-12-7-5-11(21-12)6-8-13(18)17-15(14(19)20)9-3-1-2-4-10-15/h5-8H,1-4,9-10H2,(H,17,18)(H,19,20)/b8-6+. The number of hydrogen-bond acceptors (Lipinski definition) is 3. The number of amides is 1. The summed E-state index contributed by atoms with van der Waals surface area (Å²) in [6, 6.07) is 3.44. The maximum atomic E-state index is 12.0. The van der Waals surface area contributed by atoms with E-state index in [9.17, 15) is 14.7 Å². The Labute approximate surface area is 131 Å². The Bertz CT molecular complexity index is 542. The van der Waals surface area contributed by atoms with Crippen molar-refractivity contribution in [3.05, 3.63) is 28.6 Å². The highest BCUT2D eigenvalue weighted by Gasteiger charge is 2.39. The van der Waals surface area contributed by atoms with Crippen molar-refractivity contribution in [3.8, 4) is 0 Å². The third-order valence-corrected chi connectivity index (χ3v) is 4.15. The highest BCUT2D eigenvalue weighted by Crippen LogP contribution is 2.27. The number of carbonyl (C=O) groups excluding carboxylic acids is 1. The van der Waals surface area contributed by atoms with Crippen molar-refractivity contribution in [2.45, 2.75) is 44.1 Å². The van der Waals surface area contributed by atoms with Crippen molar-refractivity contribution in [3.63, 3.8) is 0 Å². The lowest BCUT2D eigenvalue weighted by Crippen LogP contribution is -2.53. The van der Waals surface area contributed by atoms with E-state index in [-0.39, 0.29) is 0 Å². The molecule has 1 heterocycles. The van der Waals surface area contributed by atoms with Gasteiger partial charge >= 0.3 is 5.97 Å². The lowest BCUT2D eigenvalue weighted by Gasteiger charge is -2.28. The number of aliphatic carboxylic acids is 1. The summed E-state index contributed by atoms with van der Waals surface area (Å²) in [5.41, 5.74) is -1.14. The molecule has 0 saturated heterocycles. The first-order chi connectivity index (χ1) is 10.0. The van der Waals surface area contributed by atoms with Gasteiger partial charge in [0.2, 0.25) is 5.91 Å². The van der Waals surface area contributed by atoms with Crippen LogP contribution in [0.2, 0.25) is 0 Å². The number of hydrogen-bond donors (Lipinski definition) is 2. The van der Waals surface area contributed by atoms with Gasteiger partial charge in [-0.2, -0.15) is 0 Å². The van der Waals surface area contributed by atoms with Crippen molar-refractivity contribution in [1.29, 1.82) is 0 Å². The van der Waals surface area contributed by atoms with E-state index in [1.165, 1.54) is 12.2 Å². The van der Waals surface area contributed by atoms with Gasteiger partial charge in [0.05, 0.1) is 0 Å². The molecule has 0 radical (unpaired) electrons. The van der Waals surface area contributed by atoms with E-state index < -0.39 is 17.4 Å². The SMILES string of the molecule is O=C(/C=C/c1ccc(Br)o1)NC1(C(=O)O)CCCCCC1. The van der Waals surface area contributed by atoms with Gasteiger partial charge in [-0.15, -0.1) is 0 Å². The van der Waals surface area contributed by atoms with Gasteiger partial charge < -0.3 is 14.8 Å². The van der Waals surface area contributed by atoms with Crippen molar-refractivity contribution in [2.75, 3.05) is 0 Å². The molecule has 114 valence electrons. The zero-order valence-electron chi connectivity index (χ0n) is 11.6. The Balaban J connectivity index is 2.04. The average Bonchev–Trinajstić information content (AvgIpc) is 2.71. The van der Waals surface area contributed by atoms with Crippen LogP contribution in [0.1, 0.15) is 44.3 Å². The molecule has 1 aliphatic rings. The van der Waals surface area contributed by atoms with Gasteiger partial charge in [0.25, 0.3) is 0 Å². The molecule has 1 fully saturated rings. The van der Waals surface area contributed by atoms with E-state index in [1.807, 2.05) is 0 Å². The molecule has 2 rings (SSSR count). The zero-order chi connectivity index (χ0) is 15.3. The maximum Gasteiger partial charge on any atom is 0.329 e. The van der Waals surface area contributed by atoms with Crippen LogP contribution < -0.4 is 5.32 Å². The van der Waals surface area contributed by atoms with Crippen LogP contribution in [0, 0.1) is 0 Å². The second-order valence-corrected chi connectivity index (χ2v) is 6.05. The number of furan rings is 1. The van der Waals surface area contributed by atoms with E-state index in [2.05, 4.69) is 21.2 Å². The third-order valence-electron chi connectivity index (χ3n) is 3.72. The molecule has 5 nitrogen and oxygen atoms in total. The van der Waals surface area contributed by atoms with Gasteiger partial charge in [-0.05, 0) is 47.0 Å². The number of carboxylic acids is 1. The minimum absolute atomic E-state index is 0.410. The van der Waals surface area contributed by atoms with Gasteiger partial charge in [-0.1, -0.05) is 25.7 Å². The number of carbonyl (C=O) groups is 2. The van der Waals surface area contributed by atoms with Crippen LogP contribution in [-0.4, -0.2) is 22.5 Å². The Morgan fingerprint density at radius 3 is 2.43 bits per heavy atom. The normalized spacial score (nSPS) is 18.3. The molecule has 1 aromatic heterocycles. The Morgan fingerprint density at radius 1 is 1.24 bits per heavy atom. The van der Waals surface area contributed by atoms with Crippen LogP contribution in [0.4, 0.5) is 0 Å². The van der Waals surface area contributed by atoms with Crippen LogP contribution in [0.5, 0.6) is 0 Å². The predicted octanol–water partition coefficient (Wildman–Crippen LogP) is 3.35. The fourth-order valence-electron chi connectivity index (χ4n) is 2.58. The smallest absolute Gasteiger partial charge is 0.329 e. The van der Waals surface area contributed by atoms with Crippen molar-refractivity contribution in [1.82, 2.24) is 5.32 Å². The largest absolute Gasteiger partial charge is 0.480 e. The van der Waals surface area contributed by atoms with Gasteiger partial charge in [-0.25, -0.2) is 4.79 Å². The van der Waals surface area contributed by atoms with Gasteiger partial charge in [0.1, 0.15) is 11.3 Å². The maximum absolute atomic E-state index is 12.0. The average molecular weight is 356 g/mol. The van der Waals surface area contributed by atoms with Crippen LogP contribution in [0.15, 0.2) is 27.3 Å². The number of rotatable bonds is 4. The minimum Gasteiger partial charge on any atom is -0.480 e. The van der Waals surface area contributed by atoms with E-state index in [0.29, 0.717) is 23.3 Å². The first kappa shape index (κ1) is 15.8. The predicted molar refractivity (Wildman–Crippen MR) is 81.7 cm³/mol. The molecular weight excluding hydrogens is 338 g/mol. The number of carboxylic acid groups (broad SMARTS) is 1. The highest BCUT2D eigenvalue weighted by molar-refractivity contribution is 9.10. The Morgan fingerprint density at radius 2 is 1.90 bits per heavy atom. The molecule has 0 unspecified atom stereocenters. The summed E-state index contributed by atoms with van der Waals surface area (Å²) in [7, 11) is 0. The first-order valence-electron chi connectivity index (χ1n) is 7.01. The second-order valence-electron chi connectivity index (χ2n) is 5.27. The first-order valence-corrected chi connectivity index (χ1v) is 7.80. The summed E-state index contributed by atoms with van der Waals surface area (Å²) in [5, 5.41) is 12.2. The lowest BCUT2D eigenvalue weighted by molar-refractivity contribution is -0.147. The van der Waals surface area contributed by atoms with Gasteiger partial charge in [-0.3, -0.25) is 4.79 Å². The second kappa shape index (κ2) is 6.93. The highest BCUT2D eigenvalue weighted by atomic mass is 79.9. The third kappa shape index (κ3) is 4.20. The summed E-state index contributed by atoms with van der Waals surface area (Å²) < 4.78 is 5.83. The quantitative estimate of drug-likeness (QED) is 0.641. The van der Waals surface area contributed by atoms with Crippen LogP contribution >= 0.6 is 15.9 Å². The van der Waals surface area contributed by atoms with E-state index in [0.717, 1.165) is 25.7 Å². The molecule has 0 atom stereocenters. The van der Waals surface area contributed by atoms with Gasteiger partial charge in [0, 0.05) is 6.08 Å². The fourth-order valence-corrected chi connectivity index (χ4v) is 2.90. The van der Waals surface area contributed by atoms with Crippen LogP contribution in [0.25, 0.3) is 6.08 Å². The molecule has 0 bridgehead atoms. The molecule has 1 saturated carbocycles. The topological polar surface area (TPSA) is 79.5 Å². The molecular formula is C15H18BrNO4. The van der Waals surface area contributed by atoms with Gasteiger partial charge in [0.15, 0.2) is 4.67 Å². The summed E-state index contributed by atoms with van der Waals surface area (Å²) in [5.74, 6) is -0.832. The number of halogens is 1. The van der Waals surface area contributed by atoms with Crippen LogP contribution in [0.3, 0.4) is 0 Å². The Kier molecular flexibility index (Phi) is 5.22. The lowest BCUT2D eigenvalue weighted by atomic mass is 9.90. The summed E-state index contributed by atoms with van der Waals surface area (Å²) in [6.07, 6.45) is 7.46. The summed E-state index contributed by atoms with van der Waals surface area (Å²) >= 11 is 3.18. The molecule has 2 N–H and O–H groups in total. The number of nitrogens with one attached hydrogen (secondary N) is 1. The van der Waals surface area contributed by atoms with Crippen molar-refractivity contribution in [2.24, 2.45) is 0 Å². The fraction of sp³-hybridized carbons (Fsp3) is 0.467. The van der Waals surface area contributed by atoms with E-state index in [1.54, 1.807) is 12.1 Å².